The van der Waals surface area contributed by atoms with Gasteiger partial charge in [0, 0.05) is 33.3 Å². The fourth-order valence-electron chi connectivity index (χ4n) is 4.51. The number of carbonyl (C=O) groups excluding carboxylic acids is 1. The summed E-state index contributed by atoms with van der Waals surface area (Å²) in [6, 6.07) is 12.2. The number of hydrogen-bond acceptors (Lipinski definition) is 6. The van der Waals surface area contributed by atoms with Gasteiger partial charge in [0.2, 0.25) is 10.0 Å². The third kappa shape index (κ3) is 6.01. The lowest BCUT2D eigenvalue weighted by molar-refractivity contribution is 0.0520. The van der Waals surface area contributed by atoms with Gasteiger partial charge < -0.3 is 9.30 Å². The van der Waals surface area contributed by atoms with E-state index in [1.165, 1.54) is 23.5 Å². The molecular formula is C28H27BrFN3O4S2. The molecular weight excluding hydrogens is 605 g/mol. The highest BCUT2D eigenvalue weighted by molar-refractivity contribution is 9.10. The van der Waals surface area contributed by atoms with E-state index < -0.39 is 26.7 Å². The summed E-state index contributed by atoms with van der Waals surface area (Å²) in [5.74, 6) is -0.818. The Labute approximate surface area is 239 Å². The number of carbonyl (C=O) groups is 1. The number of nitrogens with two attached hydrogens (primary N) is 1. The minimum Gasteiger partial charge on any atom is -0.461 e. The van der Waals surface area contributed by atoms with Crippen molar-refractivity contribution in [3.05, 3.63) is 80.6 Å². The number of rotatable bonds is 9. The highest BCUT2D eigenvalue weighted by atomic mass is 79.9. The maximum Gasteiger partial charge on any atom is 0.357 e. The van der Waals surface area contributed by atoms with Gasteiger partial charge in [-0.05, 0) is 80.0 Å². The van der Waals surface area contributed by atoms with Crippen molar-refractivity contribution in [2.75, 3.05) is 6.61 Å². The highest BCUT2D eigenvalue weighted by Crippen LogP contribution is 2.41. The van der Waals surface area contributed by atoms with Gasteiger partial charge in [0.05, 0.1) is 6.61 Å². The van der Waals surface area contributed by atoms with Gasteiger partial charge >= 0.3 is 5.97 Å². The molecule has 11 heteroatoms. The van der Waals surface area contributed by atoms with Crippen molar-refractivity contribution in [1.82, 2.24) is 9.55 Å². The van der Waals surface area contributed by atoms with Gasteiger partial charge in [-0.15, -0.1) is 11.3 Å². The summed E-state index contributed by atoms with van der Waals surface area (Å²) in [5.41, 5.74) is 5.76. The number of benzene rings is 2. The van der Waals surface area contributed by atoms with Gasteiger partial charge in [-0.3, -0.25) is 0 Å². The largest absolute Gasteiger partial charge is 0.461 e. The van der Waals surface area contributed by atoms with Crippen LogP contribution in [0.15, 0.2) is 57.2 Å². The average molecular weight is 633 g/mol. The van der Waals surface area contributed by atoms with E-state index in [0.29, 0.717) is 23.0 Å². The number of primary sulfonamides is 1. The zero-order chi connectivity index (χ0) is 27.9. The van der Waals surface area contributed by atoms with Gasteiger partial charge in [-0.2, -0.15) is 0 Å². The zero-order valence-corrected chi connectivity index (χ0v) is 24.6. The topological polar surface area (TPSA) is 104 Å². The molecule has 2 N–H and O–H groups in total. The third-order valence-electron chi connectivity index (χ3n) is 6.72. The van der Waals surface area contributed by atoms with Crippen LogP contribution < -0.4 is 5.14 Å². The van der Waals surface area contributed by atoms with Crippen molar-refractivity contribution < 1.29 is 22.3 Å². The Morgan fingerprint density at radius 1 is 1.23 bits per heavy atom. The summed E-state index contributed by atoms with van der Waals surface area (Å²) in [5, 5.41) is 7.57. The fraction of sp³-hybridized carbons (Fsp3) is 0.286. The van der Waals surface area contributed by atoms with Gasteiger partial charge in [-0.1, -0.05) is 34.1 Å². The number of ether oxygens (including phenoxy) is 1. The van der Waals surface area contributed by atoms with E-state index in [1.54, 1.807) is 18.4 Å². The lowest BCUT2D eigenvalue weighted by Gasteiger charge is -2.16. The van der Waals surface area contributed by atoms with Crippen molar-refractivity contribution in [2.24, 2.45) is 11.1 Å². The van der Waals surface area contributed by atoms with Crippen molar-refractivity contribution in [3.8, 4) is 21.8 Å². The Balaban J connectivity index is 1.66. The summed E-state index contributed by atoms with van der Waals surface area (Å²) < 4.78 is 46.5. The quantitative estimate of drug-likeness (QED) is 0.218. The Morgan fingerprint density at radius 3 is 2.64 bits per heavy atom. The molecule has 2 aromatic carbocycles. The standard InChI is InChI=1S/C28H27BrFN3O4S2/c1-3-37-28(34)23-15-38-27(32-23)20-13-24(19-8-4-16(2)21(29)12-19)33(25(20)11-17-5-6-17)14-18-7-9-26(22(30)10-18)39(31,35)36/h4,7-10,12-13,15,17H,3,5-6,11,14H2,1-2H3,(H2,31,35,36). The molecule has 0 spiro atoms. The van der Waals surface area contributed by atoms with Crippen LogP contribution in [-0.4, -0.2) is 30.5 Å². The number of halogens is 2. The van der Waals surface area contributed by atoms with Gasteiger partial charge in [-0.25, -0.2) is 27.7 Å². The van der Waals surface area contributed by atoms with Crippen LogP contribution in [-0.2, 0) is 27.7 Å². The maximum absolute atomic E-state index is 14.8. The van der Waals surface area contributed by atoms with Crippen LogP contribution in [0.2, 0.25) is 0 Å². The molecule has 39 heavy (non-hydrogen) atoms. The Hall–Kier alpha value is -2.86. The van der Waals surface area contributed by atoms with E-state index in [1.807, 2.05) is 25.1 Å². The molecule has 0 saturated heterocycles. The molecule has 204 valence electrons. The van der Waals surface area contributed by atoms with Crippen LogP contribution in [0.25, 0.3) is 21.8 Å². The molecule has 2 aromatic heterocycles. The first-order valence-electron chi connectivity index (χ1n) is 12.5. The molecule has 0 atom stereocenters. The smallest absolute Gasteiger partial charge is 0.357 e. The maximum atomic E-state index is 14.8. The number of esters is 1. The van der Waals surface area contributed by atoms with Crippen molar-refractivity contribution in [3.63, 3.8) is 0 Å². The molecule has 0 aliphatic heterocycles. The number of nitrogens with zero attached hydrogens (tertiary/aromatic N) is 2. The predicted molar refractivity (Wildman–Crippen MR) is 153 cm³/mol. The van der Waals surface area contributed by atoms with E-state index in [9.17, 15) is 17.6 Å². The first-order valence-corrected chi connectivity index (χ1v) is 15.7. The van der Waals surface area contributed by atoms with Crippen molar-refractivity contribution >= 4 is 43.3 Å². The first-order chi connectivity index (χ1) is 18.5. The molecule has 1 fully saturated rings. The average Bonchev–Trinajstić information content (AvgIpc) is 3.43. The van der Waals surface area contributed by atoms with E-state index in [4.69, 9.17) is 9.88 Å². The van der Waals surface area contributed by atoms with Crippen LogP contribution >= 0.6 is 27.3 Å². The second-order valence-electron chi connectivity index (χ2n) is 9.66. The zero-order valence-electron chi connectivity index (χ0n) is 21.4. The Morgan fingerprint density at radius 2 is 2.00 bits per heavy atom. The summed E-state index contributed by atoms with van der Waals surface area (Å²) in [6.45, 7) is 4.34. The number of aromatic nitrogens is 2. The van der Waals surface area contributed by atoms with Crippen LogP contribution in [0.1, 0.15) is 47.1 Å². The molecule has 0 bridgehead atoms. The summed E-state index contributed by atoms with van der Waals surface area (Å²) in [7, 11) is -4.17. The van der Waals surface area contributed by atoms with Crippen LogP contribution in [0.5, 0.6) is 0 Å². The Bertz CT molecular complexity index is 1680. The number of thiazole rings is 1. The van der Waals surface area contributed by atoms with Gasteiger partial charge in [0.1, 0.15) is 15.7 Å². The highest BCUT2D eigenvalue weighted by Gasteiger charge is 2.28. The molecule has 1 saturated carbocycles. The molecule has 0 unspecified atom stereocenters. The molecule has 4 aromatic rings. The van der Waals surface area contributed by atoms with E-state index in [0.717, 1.165) is 51.8 Å². The molecule has 2 heterocycles. The molecule has 0 radical (unpaired) electrons. The van der Waals surface area contributed by atoms with Crippen molar-refractivity contribution in [2.45, 2.75) is 44.6 Å². The van der Waals surface area contributed by atoms with Crippen molar-refractivity contribution in [1.29, 1.82) is 0 Å². The summed E-state index contributed by atoms with van der Waals surface area (Å²) in [4.78, 5) is 16.4. The fourth-order valence-corrected chi connectivity index (χ4v) is 6.31. The minimum absolute atomic E-state index is 0.266. The second kappa shape index (κ2) is 11.0. The lowest BCUT2D eigenvalue weighted by atomic mass is 10.1. The summed E-state index contributed by atoms with van der Waals surface area (Å²) in [6.07, 6.45) is 3.05. The first kappa shape index (κ1) is 27.7. The van der Waals surface area contributed by atoms with Gasteiger partial charge in [0.25, 0.3) is 0 Å². The van der Waals surface area contributed by atoms with E-state index in [2.05, 4.69) is 31.5 Å². The minimum atomic E-state index is -4.17. The Kier molecular flexibility index (Phi) is 7.78. The predicted octanol–water partition coefficient (Wildman–Crippen LogP) is 6.31. The van der Waals surface area contributed by atoms with E-state index >= 15 is 0 Å². The molecule has 0 amide bonds. The summed E-state index contributed by atoms with van der Waals surface area (Å²) >= 11 is 5.02. The molecule has 1 aliphatic rings. The molecule has 5 rings (SSSR count). The SMILES string of the molecule is CCOC(=O)c1csc(-c2cc(-c3ccc(C)c(Br)c3)n(Cc3ccc(S(N)(=O)=O)c(F)c3)c2CC2CC2)n1. The molecule has 1 aliphatic carbocycles. The molecule has 7 nitrogen and oxygen atoms in total. The third-order valence-corrected chi connectivity index (χ3v) is 9.39. The number of sulfonamides is 1. The second-order valence-corrected chi connectivity index (χ2v) is 12.9. The number of hydrogen-bond donors (Lipinski definition) is 1. The van der Waals surface area contributed by atoms with Gasteiger partial charge in [0.15, 0.2) is 5.69 Å². The van der Waals surface area contributed by atoms with Crippen LogP contribution in [0.3, 0.4) is 0 Å². The van der Waals surface area contributed by atoms with Crippen LogP contribution in [0.4, 0.5) is 4.39 Å². The lowest BCUT2D eigenvalue weighted by Crippen LogP contribution is -2.14. The number of aryl methyl sites for hydroxylation is 1. The monoisotopic (exact) mass is 631 g/mol. The van der Waals surface area contributed by atoms with Crippen LogP contribution in [0, 0.1) is 18.7 Å². The van der Waals surface area contributed by atoms with E-state index in [-0.39, 0.29) is 12.3 Å². The normalized spacial score (nSPS) is 13.6.